The van der Waals surface area contributed by atoms with Gasteiger partial charge in [0, 0.05) is 15.9 Å². The lowest BCUT2D eigenvalue weighted by atomic mass is 9.90. The molecule has 1 aliphatic rings. The van der Waals surface area contributed by atoms with Crippen molar-refractivity contribution in [2.75, 3.05) is 6.61 Å². The molecule has 0 bridgehead atoms. The van der Waals surface area contributed by atoms with Crippen LogP contribution in [0.25, 0.3) is 0 Å². The molecule has 0 aromatic rings. The second kappa shape index (κ2) is 4.75. The minimum absolute atomic E-state index is 0.330. The molecule has 0 unspecified atom stereocenters. The van der Waals surface area contributed by atoms with Crippen LogP contribution in [0.3, 0.4) is 0 Å². The summed E-state index contributed by atoms with van der Waals surface area (Å²) in [5, 5.41) is 0. The van der Waals surface area contributed by atoms with Gasteiger partial charge in [0.2, 0.25) is 0 Å². The zero-order valence-electron chi connectivity index (χ0n) is 6.51. The standard InChI is InChI=1S/C8H13BrO2/c9-8(10)11-6-7-4-2-1-3-5-7/h7H,1-6H2. The maximum atomic E-state index is 10.4. The van der Waals surface area contributed by atoms with Gasteiger partial charge in [0.05, 0.1) is 6.61 Å². The predicted molar refractivity (Wildman–Crippen MR) is 46.9 cm³/mol. The molecule has 0 atom stereocenters. The molecule has 0 aliphatic heterocycles. The second-order valence-corrected chi connectivity index (χ2v) is 3.70. The normalized spacial score (nSPS) is 19.7. The summed E-state index contributed by atoms with van der Waals surface area (Å²) in [5.41, 5.74) is 0. The maximum Gasteiger partial charge on any atom is 0.374 e. The third kappa shape index (κ3) is 3.75. The summed E-state index contributed by atoms with van der Waals surface area (Å²) in [6.45, 7) is 0.601. The van der Waals surface area contributed by atoms with Crippen LogP contribution in [0.5, 0.6) is 0 Å². The Labute approximate surface area is 75.4 Å². The Bertz CT molecular complexity index is 130. The van der Waals surface area contributed by atoms with Crippen molar-refractivity contribution in [2.45, 2.75) is 32.1 Å². The summed E-state index contributed by atoms with van der Waals surface area (Å²) < 4.78 is 4.86. The highest BCUT2D eigenvalue weighted by Crippen LogP contribution is 2.23. The highest BCUT2D eigenvalue weighted by molar-refractivity contribution is 9.18. The van der Waals surface area contributed by atoms with Gasteiger partial charge in [-0.3, -0.25) is 0 Å². The molecule has 64 valence electrons. The van der Waals surface area contributed by atoms with Crippen LogP contribution in [0, 0.1) is 5.92 Å². The first kappa shape index (κ1) is 9.04. The number of ether oxygens (including phenoxy) is 1. The average molecular weight is 221 g/mol. The molecule has 0 heterocycles. The molecule has 1 rings (SSSR count). The van der Waals surface area contributed by atoms with Gasteiger partial charge in [0.15, 0.2) is 0 Å². The van der Waals surface area contributed by atoms with E-state index in [9.17, 15) is 4.79 Å². The van der Waals surface area contributed by atoms with Crippen molar-refractivity contribution in [1.82, 2.24) is 0 Å². The molecular formula is C8H13BrO2. The fraction of sp³-hybridized carbons (Fsp3) is 0.875. The molecule has 0 aromatic heterocycles. The van der Waals surface area contributed by atoms with Crippen LogP contribution in [0.15, 0.2) is 0 Å². The Kier molecular flexibility index (Phi) is 3.91. The number of carbonyl (C=O) groups excluding carboxylic acids is 1. The van der Waals surface area contributed by atoms with Gasteiger partial charge in [0.1, 0.15) is 0 Å². The third-order valence-corrected chi connectivity index (χ3v) is 2.39. The summed E-state index contributed by atoms with van der Waals surface area (Å²) in [5.74, 6) is 0.616. The maximum absolute atomic E-state index is 10.4. The Hall–Kier alpha value is -0.0500. The smallest absolute Gasteiger partial charge is 0.374 e. The molecule has 2 nitrogen and oxygen atoms in total. The lowest BCUT2D eigenvalue weighted by molar-refractivity contribution is 0.141. The summed E-state index contributed by atoms with van der Waals surface area (Å²) in [6.07, 6.45) is 6.38. The number of rotatable bonds is 2. The predicted octanol–water partition coefficient (Wildman–Crippen LogP) is 3.10. The molecule has 0 aromatic carbocycles. The van der Waals surface area contributed by atoms with Crippen LogP contribution in [-0.4, -0.2) is 11.5 Å². The van der Waals surface area contributed by atoms with E-state index in [1.165, 1.54) is 32.1 Å². The van der Waals surface area contributed by atoms with Gasteiger partial charge in [-0.1, -0.05) is 19.3 Å². The average Bonchev–Trinajstić information content (AvgIpc) is 2.03. The summed E-state index contributed by atoms with van der Waals surface area (Å²) >= 11 is 2.74. The number of hydrogen-bond donors (Lipinski definition) is 0. The zero-order chi connectivity index (χ0) is 8.10. The molecule has 3 heteroatoms. The van der Waals surface area contributed by atoms with Gasteiger partial charge in [-0.2, -0.15) is 0 Å². The van der Waals surface area contributed by atoms with Gasteiger partial charge in [-0.25, -0.2) is 4.79 Å². The van der Waals surface area contributed by atoms with Crippen molar-refractivity contribution >= 4 is 20.8 Å². The fourth-order valence-corrected chi connectivity index (χ4v) is 1.67. The fourth-order valence-electron chi connectivity index (χ4n) is 1.54. The lowest BCUT2D eigenvalue weighted by Crippen LogP contribution is -2.13. The second-order valence-electron chi connectivity index (χ2n) is 3.05. The van der Waals surface area contributed by atoms with Crippen LogP contribution in [-0.2, 0) is 4.74 Å². The molecule has 0 N–H and O–H groups in total. The van der Waals surface area contributed by atoms with E-state index in [0.717, 1.165) is 0 Å². The van der Waals surface area contributed by atoms with Crippen LogP contribution >= 0.6 is 15.9 Å². The van der Waals surface area contributed by atoms with Crippen LogP contribution in [0.1, 0.15) is 32.1 Å². The molecule has 0 amide bonds. The van der Waals surface area contributed by atoms with E-state index in [4.69, 9.17) is 4.74 Å². The van der Waals surface area contributed by atoms with Gasteiger partial charge >= 0.3 is 4.88 Å². The first-order valence-corrected chi connectivity index (χ1v) is 4.90. The minimum Gasteiger partial charge on any atom is -0.457 e. The van der Waals surface area contributed by atoms with Gasteiger partial charge in [-0.05, 0) is 18.8 Å². The van der Waals surface area contributed by atoms with E-state index in [0.29, 0.717) is 12.5 Å². The summed E-state index contributed by atoms with van der Waals surface area (Å²) in [4.78, 5) is 10.1. The van der Waals surface area contributed by atoms with Gasteiger partial charge in [0.25, 0.3) is 0 Å². The molecule has 0 saturated heterocycles. The zero-order valence-corrected chi connectivity index (χ0v) is 8.10. The van der Waals surface area contributed by atoms with E-state index >= 15 is 0 Å². The Morgan fingerprint density at radius 1 is 1.36 bits per heavy atom. The van der Waals surface area contributed by atoms with Crippen LogP contribution < -0.4 is 0 Å². The van der Waals surface area contributed by atoms with E-state index in [1.54, 1.807) is 0 Å². The molecule has 1 fully saturated rings. The van der Waals surface area contributed by atoms with Crippen LogP contribution in [0.4, 0.5) is 4.79 Å². The Morgan fingerprint density at radius 3 is 2.55 bits per heavy atom. The van der Waals surface area contributed by atoms with Crippen molar-refractivity contribution in [1.29, 1.82) is 0 Å². The largest absolute Gasteiger partial charge is 0.457 e. The SMILES string of the molecule is O=C(Br)OCC1CCCCC1. The molecule has 1 aliphatic carbocycles. The van der Waals surface area contributed by atoms with Crippen molar-refractivity contribution < 1.29 is 9.53 Å². The van der Waals surface area contributed by atoms with E-state index in [1.807, 2.05) is 0 Å². The number of halogens is 1. The topological polar surface area (TPSA) is 26.3 Å². The van der Waals surface area contributed by atoms with Crippen molar-refractivity contribution in [3.05, 3.63) is 0 Å². The Morgan fingerprint density at radius 2 is 2.00 bits per heavy atom. The Balaban J connectivity index is 2.09. The van der Waals surface area contributed by atoms with E-state index in [2.05, 4.69) is 15.9 Å². The first-order chi connectivity index (χ1) is 5.29. The molecular weight excluding hydrogens is 208 g/mol. The van der Waals surface area contributed by atoms with Crippen LogP contribution in [0.2, 0.25) is 0 Å². The summed E-state index contributed by atoms with van der Waals surface area (Å²) in [7, 11) is 0. The van der Waals surface area contributed by atoms with Gasteiger partial charge < -0.3 is 4.74 Å². The highest BCUT2D eigenvalue weighted by atomic mass is 79.9. The monoisotopic (exact) mass is 220 g/mol. The highest BCUT2D eigenvalue weighted by Gasteiger charge is 2.14. The van der Waals surface area contributed by atoms with E-state index < -0.39 is 0 Å². The minimum atomic E-state index is -0.330. The number of hydrogen-bond acceptors (Lipinski definition) is 2. The van der Waals surface area contributed by atoms with E-state index in [-0.39, 0.29) is 4.88 Å². The van der Waals surface area contributed by atoms with Crippen molar-refractivity contribution in [3.8, 4) is 0 Å². The molecule has 0 spiro atoms. The lowest BCUT2D eigenvalue weighted by Gasteiger charge is -2.20. The first-order valence-electron chi connectivity index (χ1n) is 4.11. The van der Waals surface area contributed by atoms with Crippen molar-refractivity contribution in [2.24, 2.45) is 5.92 Å². The summed E-state index contributed by atoms with van der Waals surface area (Å²) in [6, 6.07) is 0. The molecule has 1 saturated carbocycles. The number of carbonyl (C=O) groups is 1. The van der Waals surface area contributed by atoms with Crippen molar-refractivity contribution in [3.63, 3.8) is 0 Å². The third-order valence-electron chi connectivity index (χ3n) is 2.16. The molecule has 0 radical (unpaired) electrons. The quantitative estimate of drug-likeness (QED) is 0.669. The van der Waals surface area contributed by atoms with Gasteiger partial charge in [-0.15, -0.1) is 0 Å². The molecule has 11 heavy (non-hydrogen) atoms.